The van der Waals surface area contributed by atoms with Gasteiger partial charge in [-0.15, -0.1) is 5.10 Å². The molecule has 2 saturated carbocycles. The third-order valence-corrected chi connectivity index (χ3v) is 9.23. The number of hydrogen-bond donors (Lipinski definition) is 3. The van der Waals surface area contributed by atoms with Gasteiger partial charge in [-0.1, -0.05) is 0 Å². The number of nitrogens with one attached hydrogen (secondary N) is 1. The van der Waals surface area contributed by atoms with Crippen LogP contribution >= 0.6 is 0 Å². The van der Waals surface area contributed by atoms with E-state index in [1.165, 1.54) is 17.4 Å². The summed E-state index contributed by atoms with van der Waals surface area (Å²) in [7, 11) is 0. The SMILES string of the molecule is CC(C1CC1)N1Cc2cc(-c3ccn4nc(N)c(C(=O)NC5CCC(O)CC5)c4n3)cc(N3CCOCC3)c2C1=O. The van der Waals surface area contributed by atoms with Crippen molar-refractivity contribution >= 4 is 29.0 Å². The summed E-state index contributed by atoms with van der Waals surface area (Å²) in [6.45, 7) is 5.42. The van der Waals surface area contributed by atoms with Gasteiger partial charge in [0.05, 0.1) is 36.3 Å². The van der Waals surface area contributed by atoms with Crippen LogP contribution in [0.5, 0.6) is 0 Å². The van der Waals surface area contributed by atoms with E-state index in [1.54, 1.807) is 6.20 Å². The monoisotopic (exact) mass is 559 g/mol. The molecule has 2 aliphatic carbocycles. The van der Waals surface area contributed by atoms with E-state index in [0.717, 1.165) is 48.3 Å². The van der Waals surface area contributed by atoms with Crippen molar-refractivity contribution in [3.8, 4) is 11.3 Å². The number of fused-ring (bicyclic) bond motifs is 2. The van der Waals surface area contributed by atoms with Crippen LogP contribution in [-0.4, -0.2) is 80.9 Å². The number of carbonyl (C=O) groups is 2. The first-order valence-corrected chi connectivity index (χ1v) is 14.8. The molecule has 7 rings (SSSR count). The second kappa shape index (κ2) is 10.3. The van der Waals surface area contributed by atoms with Crippen LogP contribution in [0.25, 0.3) is 16.9 Å². The molecule has 3 fully saturated rings. The molecule has 2 aromatic heterocycles. The van der Waals surface area contributed by atoms with Crippen molar-refractivity contribution in [3.05, 3.63) is 41.1 Å². The Hall–Kier alpha value is -3.70. The molecule has 1 aromatic carbocycles. The lowest BCUT2D eigenvalue weighted by atomic mass is 9.93. The number of amides is 2. The zero-order valence-corrected chi connectivity index (χ0v) is 23.4. The fraction of sp³-hybridized carbons (Fsp3) is 0.533. The highest BCUT2D eigenvalue weighted by Crippen LogP contribution is 2.42. The minimum atomic E-state index is -0.304. The van der Waals surface area contributed by atoms with Crippen LogP contribution in [-0.2, 0) is 11.3 Å². The molecule has 0 spiro atoms. The largest absolute Gasteiger partial charge is 0.393 e. The second-order valence-electron chi connectivity index (χ2n) is 12.0. The van der Waals surface area contributed by atoms with Gasteiger partial charge >= 0.3 is 0 Å². The molecule has 1 atom stereocenters. The predicted octanol–water partition coefficient (Wildman–Crippen LogP) is 2.60. The standard InChI is InChI=1S/C30H37N7O4/c1-17(18-2-3-18)36-16-20-14-19(15-24(25(20)30(36)40)35-10-12-41-13-11-35)23-8-9-37-28(33-23)26(27(31)34-37)29(39)32-21-4-6-22(38)7-5-21/h8-9,14-15,17-18,21-22,38H,2-7,10-13,16H2,1H3,(H2,31,34)(H,32,39). The van der Waals surface area contributed by atoms with E-state index < -0.39 is 0 Å². The maximum atomic E-state index is 13.7. The molecule has 216 valence electrons. The molecular weight excluding hydrogens is 522 g/mol. The summed E-state index contributed by atoms with van der Waals surface area (Å²) in [4.78, 5) is 36.2. The molecule has 41 heavy (non-hydrogen) atoms. The maximum Gasteiger partial charge on any atom is 0.259 e. The first kappa shape index (κ1) is 26.2. The van der Waals surface area contributed by atoms with Gasteiger partial charge in [0, 0.05) is 43.5 Å². The molecule has 2 aliphatic heterocycles. The molecule has 3 aromatic rings. The Morgan fingerprint density at radius 1 is 1.15 bits per heavy atom. The molecule has 1 saturated heterocycles. The van der Waals surface area contributed by atoms with Crippen molar-refractivity contribution < 1.29 is 19.4 Å². The van der Waals surface area contributed by atoms with Gasteiger partial charge < -0.3 is 30.7 Å². The Bertz CT molecular complexity index is 1500. The average Bonchev–Trinajstić information content (AvgIpc) is 3.70. The van der Waals surface area contributed by atoms with Gasteiger partial charge in [-0.25, -0.2) is 9.50 Å². The quantitative estimate of drug-likeness (QED) is 0.419. The van der Waals surface area contributed by atoms with Crippen LogP contribution in [0.2, 0.25) is 0 Å². The van der Waals surface area contributed by atoms with Gasteiger partial charge in [0.1, 0.15) is 5.56 Å². The highest BCUT2D eigenvalue weighted by atomic mass is 16.5. The Balaban J connectivity index is 1.25. The lowest BCUT2D eigenvalue weighted by molar-refractivity contribution is 0.0697. The van der Waals surface area contributed by atoms with Crippen LogP contribution in [0.3, 0.4) is 0 Å². The lowest BCUT2D eigenvalue weighted by Crippen LogP contribution is -2.38. The van der Waals surface area contributed by atoms with Crippen LogP contribution < -0.4 is 16.0 Å². The smallest absolute Gasteiger partial charge is 0.259 e. The van der Waals surface area contributed by atoms with Crippen LogP contribution in [0.1, 0.15) is 71.7 Å². The third-order valence-electron chi connectivity index (χ3n) is 9.23. The highest BCUT2D eigenvalue weighted by molar-refractivity contribution is 6.06. The molecular formula is C30H37N7O4. The van der Waals surface area contributed by atoms with Crippen molar-refractivity contribution in [1.29, 1.82) is 0 Å². The number of ether oxygens (including phenoxy) is 1. The number of anilines is 2. The fourth-order valence-corrected chi connectivity index (χ4v) is 6.62. The summed E-state index contributed by atoms with van der Waals surface area (Å²) in [5.74, 6) is 0.510. The van der Waals surface area contributed by atoms with E-state index >= 15 is 0 Å². The summed E-state index contributed by atoms with van der Waals surface area (Å²) in [6, 6.07) is 6.19. The zero-order valence-electron chi connectivity index (χ0n) is 23.4. The number of hydrogen-bond acceptors (Lipinski definition) is 8. The van der Waals surface area contributed by atoms with Crippen molar-refractivity contribution in [1.82, 2.24) is 24.8 Å². The number of aliphatic hydroxyl groups is 1. The molecule has 2 amide bonds. The number of nitrogens with zero attached hydrogens (tertiary/aromatic N) is 5. The number of morpholine rings is 1. The van der Waals surface area contributed by atoms with Crippen molar-refractivity contribution in [2.75, 3.05) is 36.9 Å². The second-order valence-corrected chi connectivity index (χ2v) is 12.0. The van der Waals surface area contributed by atoms with E-state index in [-0.39, 0.29) is 41.4 Å². The van der Waals surface area contributed by atoms with Gasteiger partial charge in [0.15, 0.2) is 11.5 Å². The minimum Gasteiger partial charge on any atom is -0.393 e. The van der Waals surface area contributed by atoms with Gasteiger partial charge in [-0.3, -0.25) is 9.59 Å². The van der Waals surface area contributed by atoms with E-state index in [4.69, 9.17) is 15.5 Å². The van der Waals surface area contributed by atoms with E-state index in [1.807, 2.05) is 11.0 Å². The lowest BCUT2D eigenvalue weighted by Gasteiger charge is -2.31. The molecule has 4 N–H and O–H groups in total. The highest BCUT2D eigenvalue weighted by Gasteiger charge is 2.40. The Morgan fingerprint density at radius 2 is 1.90 bits per heavy atom. The predicted molar refractivity (Wildman–Crippen MR) is 154 cm³/mol. The molecule has 11 heteroatoms. The molecule has 0 radical (unpaired) electrons. The van der Waals surface area contributed by atoms with Crippen LogP contribution in [0, 0.1) is 5.92 Å². The van der Waals surface area contributed by atoms with Gasteiger partial charge in [0.25, 0.3) is 11.8 Å². The molecule has 4 heterocycles. The Morgan fingerprint density at radius 3 is 2.63 bits per heavy atom. The maximum absolute atomic E-state index is 13.7. The summed E-state index contributed by atoms with van der Waals surface area (Å²) in [6.07, 6.45) is 6.61. The number of aliphatic hydroxyl groups excluding tert-OH is 1. The number of benzene rings is 1. The summed E-state index contributed by atoms with van der Waals surface area (Å²) < 4.78 is 7.14. The summed E-state index contributed by atoms with van der Waals surface area (Å²) in [5.41, 5.74) is 11.2. The molecule has 4 aliphatic rings. The van der Waals surface area contributed by atoms with E-state index in [0.29, 0.717) is 49.9 Å². The zero-order chi connectivity index (χ0) is 28.2. The average molecular weight is 560 g/mol. The van der Waals surface area contributed by atoms with Gasteiger partial charge in [-0.2, -0.15) is 0 Å². The summed E-state index contributed by atoms with van der Waals surface area (Å²) >= 11 is 0. The number of aromatic nitrogens is 3. The van der Waals surface area contributed by atoms with E-state index in [9.17, 15) is 14.7 Å². The van der Waals surface area contributed by atoms with E-state index in [2.05, 4.69) is 34.4 Å². The molecule has 0 bridgehead atoms. The van der Waals surface area contributed by atoms with Crippen molar-refractivity contribution in [2.45, 2.75) is 70.2 Å². The summed E-state index contributed by atoms with van der Waals surface area (Å²) in [5, 5.41) is 17.2. The van der Waals surface area contributed by atoms with Crippen molar-refractivity contribution in [3.63, 3.8) is 0 Å². The number of nitrogen functional groups attached to an aromatic ring is 1. The normalized spacial score (nSPS) is 23.6. The topological polar surface area (TPSA) is 138 Å². The first-order valence-electron chi connectivity index (χ1n) is 14.8. The first-order chi connectivity index (χ1) is 19.9. The number of carbonyl (C=O) groups excluding carboxylic acids is 2. The van der Waals surface area contributed by atoms with Gasteiger partial charge in [0.2, 0.25) is 0 Å². The number of rotatable bonds is 6. The van der Waals surface area contributed by atoms with Crippen LogP contribution in [0.15, 0.2) is 24.4 Å². The van der Waals surface area contributed by atoms with Crippen molar-refractivity contribution in [2.24, 2.45) is 5.92 Å². The fourth-order valence-electron chi connectivity index (χ4n) is 6.62. The number of nitrogens with two attached hydrogens (primary N) is 1. The minimum absolute atomic E-state index is 0.0188. The third kappa shape index (κ3) is 4.80. The van der Waals surface area contributed by atoms with Gasteiger partial charge in [-0.05, 0) is 75.1 Å². The Labute approximate surface area is 238 Å². The molecule has 1 unspecified atom stereocenters. The van der Waals surface area contributed by atoms with Crippen LogP contribution in [0.4, 0.5) is 11.5 Å². The molecule has 11 nitrogen and oxygen atoms in total. The Kier molecular flexibility index (Phi) is 6.58.